The number of rotatable bonds is 3. The van der Waals surface area contributed by atoms with E-state index < -0.39 is 0 Å². The SMILES string of the molecule is Cc1ccc(C(=O)CC(C)N)o1. The Labute approximate surface area is 71.6 Å². The average Bonchev–Trinajstić information content (AvgIpc) is 2.34. The fraction of sp³-hybridized carbons (Fsp3) is 0.444. The van der Waals surface area contributed by atoms with E-state index in [0.717, 1.165) is 5.76 Å². The van der Waals surface area contributed by atoms with Crippen LogP contribution in [0.25, 0.3) is 0 Å². The molecule has 12 heavy (non-hydrogen) atoms. The molecule has 0 saturated carbocycles. The van der Waals surface area contributed by atoms with Crippen molar-refractivity contribution in [1.82, 2.24) is 0 Å². The van der Waals surface area contributed by atoms with Crippen LogP contribution < -0.4 is 5.73 Å². The summed E-state index contributed by atoms with van der Waals surface area (Å²) in [6.07, 6.45) is 0.340. The van der Waals surface area contributed by atoms with Gasteiger partial charge < -0.3 is 10.2 Å². The molecule has 1 atom stereocenters. The molecule has 0 fully saturated rings. The van der Waals surface area contributed by atoms with Crippen molar-refractivity contribution in [1.29, 1.82) is 0 Å². The molecule has 1 aromatic heterocycles. The van der Waals surface area contributed by atoms with Crippen molar-refractivity contribution < 1.29 is 9.21 Å². The van der Waals surface area contributed by atoms with Crippen molar-refractivity contribution in [2.45, 2.75) is 26.3 Å². The zero-order valence-electron chi connectivity index (χ0n) is 7.33. The molecular formula is C9H13NO2. The molecule has 0 bridgehead atoms. The van der Waals surface area contributed by atoms with Gasteiger partial charge in [-0.3, -0.25) is 4.79 Å². The lowest BCUT2D eigenvalue weighted by molar-refractivity contribution is 0.0948. The van der Waals surface area contributed by atoms with Crippen LogP contribution in [0.3, 0.4) is 0 Å². The molecule has 0 saturated heterocycles. The number of Topliss-reactive ketones (excluding diaryl/α,β-unsaturated/α-hetero) is 1. The van der Waals surface area contributed by atoms with Gasteiger partial charge in [0.2, 0.25) is 0 Å². The Morgan fingerprint density at radius 1 is 1.67 bits per heavy atom. The molecule has 3 heteroatoms. The summed E-state index contributed by atoms with van der Waals surface area (Å²) in [5.41, 5.74) is 5.47. The molecule has 2 N–H and O–H groups in total. The van der Waals surface area contributed by atoms with Crippen LogP contribution in [0.2, 0.25) is 0 Å². The molecule has 1 heterocycles. The molecule has 0 radical (unpaired) electrons. The zero-order valence-corrected chi connectivity index (χ0v) is 7.33. The number of aryl methyl sites for hydroxylation is 1. The third kappa shape index (κ3) is 2.20. The summed E-state index contributed by atoms with van der Waals surface area (Å²) in [7, 11) is 0. The maximum Gasteiger partial charge on any atom is 0.199 e. The lowest BCUT2D eigenvalue weighted by atomic mass is 10.1. The van der Waals surface area contributed by atoms with Gasteiger partial charge in [-0.2, -0.15) is 0 Å². The van der Waals surface area contributed by atoms with E-state index in [1.807, 2.05) is 6.92 Å². The molecular weight excluding hydrogens is 154 g/mol. The highest BCUT2D eigenvalue weighted by atomic mass is 16.3. The first-order valence-corrected chi connectivity index (χ1v) is 3.95. The Kier molecular flexibility index (Phi) is 2.65. The van der Waals surface area contributed by atoms with Crippen LogP contribution in [0.15, 0.2) is 16.5 Å². The van der Waals surface area contributed by atoms with Crippen LogP contribution in [-0.2, 0) is 0 Å². The highest BCUT2D eigenvalue weighted by Gasteiger charge is 2.11. The van der Waals surface area contributed by atoms with E-state index >= 15 is 0 Å². The lowest BCUT2D eigenvalue weighted by Gasteiger charge is -2.00. The molecule has 0 aliphatic carbocycles. The third-order valence-corrected chi connectivity index (χ3v) is 1.52. The summed E-state index contributed by atoms with van der Waals surface area (Å²) in [4.78, 5) is 11.3. The van der Waals surface area contributed by atoms with Gasteiger partial charge in [0.25, 0.3) is 0 Å². The van der Waals surface area contributed by atoms with Crippen LogP contribution in [0.5, 0.6) is 0 Å². The molecule has 1 aromatic rings. The van der Waals surface area contributed by atoms with Gasteiger partial charge in [0.15, 0.2) is 11.5 Å². The van der Waals surface area contributed by atoms with Gasteiger partial charge in [-0.1, -0.05) is 0 Å². The third-order valence-electron chi connectivity index (χ3n) is 1.52. The molecule has 0 amide bonds. The first-order chi connectivity index (χ1) is 5.59. The summed E-state index contributed by atoms with van der Waals surface area (Å²) in [6, 6.07) is 3.34. The molecule has 1 unspecified atom stereocenters. The number of carbonyl (C=O) groups is 1. The predicted molar refractivity (Wildman–Crippen MR) is 46.0 cm³/mol. The molecule has 66 valence electrons. The van der Waals surface area contributed by atoms with Crippen molar-refractivity contribution in [2.24, 2.45) is 5.73 Å². The van der Waals surface area contributed by atoms with Crippen molar-refractivity contribution in [2.75, 3.05) is 0 Å². The largest absolute Gasteiger partial charge is 0.458 e. The fourth-order valence-electron chi connectivity index (χ4n) is 0.977. The minimum atomic E-state index is -0.108. The maximum atomic E-state index is 11.3. The quantitative estimate of drug-likeness (QED) is 0.694. The molecule has 0 aromatic carbocycles. The fourth-order valence-corrected chi connectivity index (χ4v) is 0.977. The van der Waals surface area contributed by atoms with Crippen molar-refractivity contribution in [3.05, 3.63) is 23.7 Å². The van der Waals surface area contributed by atoms with Gasteiger partial charge in [-0.15, -0.1) is 0 Å². The Morgan fingerprint density at radius 3 is 2.75 bits per heavy atom. The molecule has 1 rings (SSSR count). The highest BCUT2D eigenvalue weighted by molar-refractivity contribution is 5.93. The van der Waals surface area contributed by atoms with Crippen LogP contribution in [0.4, 0.5) is 0 Å². The van der Waals surface area contributed by atoms with Crippen LogP contribution in [0, 0.1) is 6.92 Å². The molecule has 0 aliphatic heterocycles. The lowest BCUT2D eigenvalue weighted by Crippen LogP contribution is -2.19. The topological polar surface area (TPSA) is 56.2 Å². The van der Waals surface area contributed by atoms with E-state index in [2.05, 4.69) is 0 Å². The van der Waals surface area contributed by atoms with E-state index in [4.69, 9.17) is 10.2 Å². The van der Waals surface area contributed by atoms with E-state index in [0.29, 0.717) is 12.2 Å². The normalized spacial score (nSPS) is 12.9. The van der Waals surface area contributed by atoms with Gasteiger partial charge in [0.05, 0.1) is 0 Å². The minimum Gasteiger partial charge on any atom is -0.458 e. The van der Waals surface area contributed by atoms with E-state index in [1.165, 1.54) is 0 Å². The standard InChI is InChI=1S/C9H13NO2/c1-6(10)5-8(11)9-4-3-7(2)12-9/h3-4,6H,5,10H2,1-2H3. The molecule has 0 aliphatic rings. The monoisotopic (exact) mass is 167 g/mol. The van der Waals surface area contributed by atoms with Gasteiger partial charge in [-0.25, -0.2) is 0 Å². The van der Waals surface area contributed by atoms with Gasteiger partial charge in [0, 0.05) is 12.5 Å². The van der Waals surface area contributed by atoms with Crippen molar-refractivity contribution >= 4 is 5.78 Å². The Hall–Kier alpha value is -1.09. The van der Waals surface area contributed by atoms with Crippen LogP contribution in [0.1, 0.15) is 29.7 Å². The molecule has 3 nitrogen and oxygen atoms in total. The van der Waals surface area contributed by atoms with Crippen LogP contribution in [-0.4, -0.2) is 11.8 Å². The second-order valence-corrected chi connectivity index (χ2v) is 3.01. The minimum absolute atomic E-state index is 0.0295. The van der Waals surface area contributed by atoms with E-state index in [9.17, 15) is 4.79 Å². The van der Waals surface area contributed by atoms with Crippen molar-refractivity contribution in [3.63, 3.8) is 0 Å². The number of hydrogen-bond donors (Lipinski definition) is 1. The van der Waals surface area contributed by atoms with Gasteiger partial charge in [-0.05, 0) is 26.0 Å². The number of nitrogens with two attached hydrogens (primary N) is 1. The summed E-state index contributed by atoms with van der Waals surface area (Å²) in [6.45, 7) is 3.61. The second kappa shape index (κ2) is 3.54. The Bertz CT molecular complexity index is 276. The second-order valence-electron chi connectivity index (χ2n) is 3.01. The van der Waals surface area contributed by atoms with Gasteiger partial charge in [0.1, 0.15) is 5.76 Å². The molecule has 0 spiro atoms. The van der Waals surface area contributed by atoms with E-state index in [1.54, 1.807) is 19.1 Å². The number of carbonyl (C=O) groups excluding carboxylic acids is 1. The highest BCUT2D eigenvalue weighted by Crippen LogP contribution is 2.09. The van der Waals surface area contributed by atoms with Crippen molar-refractivity contribution in [3.8, 4) is 0 Å². The summed E-state index contributed by atoms with van der Waals surface area (Å²) >= 11 is 0. The van der Waals surface area contributed by atoms with E-state index in [-0.39, 0.29) is 11.8 Å². The summed E-state index contributed by atoms with van der Waals surface area (Å²) in [5.74, 6) is 1.13. The Balaban J connectivity index is 2.65. The maximum absolute atomic E-state index is 11.3. The summed E-state index contributed by atoms with van der Waals surface area (Å²) < 4.78 is 5.14. The van der Waals surface area contributed by atoms with Gasteiger partial charge >= 0.3 is 0 Å². The zero-order chi connectivity index (χ0) is 9.14. The summed E-state index contributed by atoms with van der Waals surface area (Å²) in [5, 5.41) is 0. The smallest absolute Gasteiger partial charge is 0.199 e. The number of hydrogen-bond acceptors (Lipinski definition) is 3. The first-order valence-electron chi connectivity index (χ1n) is 3.95. The predicted octanol–water partition coefficient (Wildman–Crippen LogP) is 1.51. The number of furan rings is 1. The average molecular weight is 167 g/mol. The number of ketones is 1. The van der Waals surface area contributed by atoms with Crippen LogP contribution >= 0.6 is 0 Å². The first kappa shape index (κ1) is 9.00. The Morgan fingerprint density at radius 2 is 2.33 bits per heavy atom.